The molecule has 5 nitrogen and oxygen atoms in total. The van der Waals surface area contributed by atoms with Gasteiger partial charge in [0.1, 0.15) is 11.2 Å². The number of carbonyl (C=O) groups excluding carboxylic acids is 2. The van der Waals surface area contributed by atoms with E-state index < -0.39 is 0 Å². The van der Waals surface area contributed by atoms with E-state index in [2.05, 4.69) is 0 Å². The van der Waals surface area contributed by atoms with E-state index in [9.17, 15) is 9.59 Å². The lowest BCUT2D eigenvalue weighted by molar-refractivity contribution is 0.0949. The summed E-state index contributed by atoms with van der Waals surface area (Å²) in [5, 5.41) is 1.72. The number of ketones is 2. The molecule has 0 amide bonds. The maximum absolute atomic E-state index is 12.3. The van der Waals surface area contributed by atoms with E-state index in [1.165, 1.54) is 0 Å². The molecule has 0 bridgehead atoms. The van der Waals surface area contributed by atoms with Crippen molar-refractivity contribution in [1.29, 1.82) is 0 Å². The van der Waals surface area contributed by atoms with E-state index in [4.69, 9.17) is 4.42 Å². The second-order valence-corrected chi connectivity index (χ2v) is 6.85. The van der Waals surface area contributed by atoms with Crippen molar-refractivity contribution in [3.8, 4) is 0 Å². The number of Topliss-reactive ketones (excluding diaryl/α,β-unsaturated/α-hetero) is 2. The molecule has 0 saturated heterocycles. The number of furan rings is 1. The van der Waals surface area contributed by atoms with Gasteiger partial charge in [-0.1, -0.05) is 0 Å². The fraction of sp³-hybridized carbons (Fsp3) is 0.300. The van der Waals surface area contributed by atoms with E-state index in [0.717, 1.165) is 10.8 Å². The minimum Gasteiger partial charge on any atom is -0.456 e. The molecule has 0 aliphatic heterocycles. The molecular formula is C20H24Cl2N2O3. The molecule has 2 aromatic carbocycles. The standard InChI is InChI=1S/C20H22N2O3.2ClH/c1-21(2)11-17(23)13-5-7-19-15(9-13)16-10-14(6-8-20(16)25-19)18(24)12-22(3)4;;/h5-10H,11-12H2,1-4H3;2*1H. The first kappa shape index (κ1) is 23.1. The summed E-state index contributed by atoms with van der Waals surface area (Å²) >= 11 is 0. The Morgan fingerprint density at radius 1 is 0.741 bits per heavy atom. The first-order chi connectivity index (χ1) is 11.8. The van der Waals surface area contributed by atoms with Crippen LogP contribution >= 0.6 is 24.8 Å². The van der Waals surface area contributed by atoms with Crippen LogP contribution in [0.5, 0.6) is 0 Å². The Labute approximate surface area is 171 Å². The van der Waals surface area contributed by atoms with E-state index >= 15 is 0 Å². The molecule has 3 aromatic rings. The highest BCUT2D eigenvalue weighted by Gasteiger charge is 2.14. The predicted molar refractivity (Wildman–Crippen MR) is 114 cm³/mol. The quantitative estimate of drug-likeness (QED) is 0.576. The van der Waals surface area contributed by atoms with Crippen LogP contribution < -0.4 is 0 Å². The van der Waals surface area contributed by atoms with E-state index in [1.807, 2.05) is 62.3 Å². The minimum absolute atomic E-state index is 0. The second-order valence-electron chi connectivity index (χ2n) is 6.85. The zero-order valence-electron chi connectivity index (χ0n) is 15.8. The highest BCUT2D eigenvalue weighted by Crippen LogP contribution is 2.30. The molecule has 7 heteroatoms. The van der Waals surface area contributed by atoms with Gasteiger partial charge in [-0.3, -0.25) is 9.59 Å². The lowest BCUT2D eigenvalue weighted by Gasteiger charge is -2.08. The van der Waals surface area contributed by atoms with E-state index in [-0.39, 0.29) is 36.4 Å². The Morgan fingerprint density at radius 3 is 1.44 bits per heavy atom. The highest BCUT2D eigenvalue weighted by atomic mass is 35.5. The number of likely N-dealkylation sites (N-methyl/N-ethyl adjacent to an activating group) is 2. The Bertz CT molecular complexity index is 888. The Morgan fingerprint density at radius 2 is 1.11 bits per heavy atom. The van der Waals surface area contributed by atoms with Crippen molar-refractivity contribution < 1.29 is 14.0 Å². The number of nitrogens with zero attached hydrogens (tertiary/aromatic N) is 2. The number of halogens is 2. The van der Waals surface area contributed by atoms with Crippen LogP contribution in [0.2, 0.25) is 0 Å². The molecule has 0 aliphatic rings. The van der Waals surface area contributed by atoms with Gasteiger partial charge in [-0.15, -0.1) is 24.8 Å². The summed E-state index contributed by atoms with van der Waals surface area (Å²) < 4.78 is 5.84. The lowest BCUT2D eigenvalue weighted by atomic mass is 10.0. The summed E-state index contributed by atoms with van der Waals surface area (Å²) in [5.74, 6) is 0.113. The van der Waals surface area contributed by atoms with Gasteiger partial charge in [0, 0.05) is 21.9 Å². The largest absolute Gasteiger partial charge is 0.456 e. The molecule has 1 heterocycles. The zero-order chi connectivity index (χ0) is 18.1. The molecule has 0 radical (unpaired) electrons. The lowest BCUT2D eigenvalue weighted by Crippen LogP contribution is -2.21. The van der Waals surface area contributed by atoms with Crippen LogP contribution in [0.25, 0.3) is 21.9 Å². The van der Waals surface area contributed by atoms with Gasteiger partial charge >= 0.3 is 0 Å². The number of benzene rings is 2. The van der Waals surface area contributed by atoms with Crippen LogP contribution in [0.3, 0.4) is 0 Å². The Hall–Kier alpha value is -1.92. The summed E-state index contributed by atoms with van der Waals surface area (Å²) in [5.41, 5.74) is 2.73. The SMILES string of the molecule is CN(C)CC(=O)c1ccc2oc3ccc(C(=O)CN(C)C)cc3c2c1.Cl.Cl. The number of fused-ring (bicyclic) bond motifs is 3. The molecule has 0 aliphatic carbocycles. The Kier molecular flexibility index (Phi) is 7.99. The molecule has 1 aromatic heterocycles. The zero-order valence-corrected chi connectivity index (χ0v) is 17.4. The number of carbonyl (C=O) groups is 2. The van der Waals surface area contributed by atoms with Gasteiger partial charge in [0.15, 0.2) is 11.6 Å². The topological polar surface area (TPSA) is 53.8 Å². The molecule has 0 atom stereocenters. The van der Waals surface area contributed by atoms with Crippen molar-refractivity contribution in [3.05, 3.63) is 47.5 Å². The minimum atomic E-state index is 0. The van der Waals surface area contributed by atoms with Gasteiger partial charge < -0.3 is 14.2 Å². The van der Waals surface area contributed by atoms with Gasteiger partial charge in [0.05, 0.1) is 13.1 Å². The maximum Gasteiger partial charge on any atom is 0.176 e. The monoisotopic (exact) mass is 410 g/mol. The Balaban J connectivity index is 0.00000182. The fourth-order valence-electron chi connectivity index (χ4n) is 2.88. The summed E-state index contributed by atoms with van der Waals surface area (Å²) in [6.07, 6.45) is 0. The average molecular weight is 411 g/mol. The number of hydrogen-bond donors (Lipinski definition) is 0. The van der Waals surface area contributed by atoms with Gasteiger partial charge in [0.25, 0.3) is 0 Å². The third kappa shape index (κ3) is 5.08. The van der Waals surface area contributed by atoms with Gasteiger partial charge in [-0.25, -0.2) is 0 Å². The smallest absolute Gasteiger partial charge is 0.176 e. The van der Waals surface area contributed by atoms with Crippen molar-refractivity contribution >= 4 is 58.3 Å². The van der Waals surface area contributed by atoms with Crippen LogP contribution in [0.1, 0.15) is 20.7 Å². The van der Waals surface area contributed by atoms with Gasteiger partial charge in [-0.2, -0.15) is 0 Å². The third-order valence-corrected chi connectivity index (χ3v) is 4.03. The summed E-state index contributed by atoms with van der Waals surface area (Å²) in [7, 11) is 7.47. The van der Waals surface area contributed by atoms with Gasteiger partial charge in [0.2, 0.25) is 0 Å². The van der Waals surface area contributed by atoms with E-state index in [0.29, 0.717) is 35.4 Å². The van der Waals surface area contributed by atoms with Crippen LogP contribution in [-0.4, -0.2) is 62.6 Å². The molecule has 27 heavy (non-hydrogen) atoms. The van der Waals surface area contributed by atoms with Crippen LogP contribution in [0.15, 0.2) is 40.8 Å². The van der Waals surface area contributed by atoms with Gasteiger partial charge in [-0.05, 0) is 64.6 Å². The first-order valence-electron chi connectivity index (χ1n) is 8.17. The third-order valence-electron chi connectivity index (χ3n) is 4.03. The second kappa shape index (κ2) is 9.33. The highest BCUT2D eigenvalue weighted by molar-refractivity contribution is 6.11. The molecule has 0 saturated carbocycles. The van der Waals surface area contributed by atoms with Crippen molar-refractivity contribution in [2.75, 3.05) is 41.3 Å². The van der Waals surface area contributed by atoms with Crippen LogP contribution in [0, 0.1) is 0 Å². The summed E-state index contributed by atoms with van der Waals surface area (Å²) in [6, 6.07) is 10.9. The van der Waals surface area contributed by atoms with Crippen molar-refractivity contribution in [1.82, 2.24) is 9.80 Å². The first-order valence-corrected chi connectivity index (χ1v) is 8.17. The van der Waals surface area contributed by atoms with Crippen LogP contribution in [-0.2, 0) is 0 Å². The number of hydrogen-bond acceptors (Lipinski definition) is 5. The summed E-state index contributed by atoms with van der Waals surface area (Å²) in [6.45, 7) is 0.710. The van der Waals surface area contributed by atoms with Crippen molar-refractivity contribution in [2.45, 2.75) is 0 Å². The molecule has 146 valence electrons. The van der Waals surface area contributed by atoms with Crippen molar-refractivity contribution in [3.63, 3.8) is 0 Å². The number of rotatable bonds is 6. The molecule has 3 rings (SSSR count). The fourth-order valence-corrected chi connectivity index (χ4v) is 2.88. The molecule has 0 N–H and O–H groups in total. The maximum atomic E-state index is 12.3. The van der Waals surface area contributed by atoms with Crippen LogP contribution in [0.4, 0.5) is 0 Å². The molecule has 0 fully saturated rings. The molecular weight excluding hydrogens is 387 g/mol. The normalized spacial score (nSPS) is 10.9. The average Bonchev–Trinajstić information content (AvgIpc) is 2.90. The molecule has 0 spiro atoms. The van der Waals surface area contributed by atoms with E-state index in [1.54, 1.807) is 12.1 Å². The summed E-state index contributed by atoms with van der Waals surface area (Å²) in [4.78, 5) is 28.3. The predicted octanol–water partition coefficient (Wildman–Crippen LogP) is 3.92. The molecule has 0 unspecified atom stereocenters. The van der Waals surface area contributed by atoms with Crippen molar-refractivity contribution in [2.24, 2.45) is 0 Å².